The van der Waals surface area contributed by atoms with E-state index in [2.05, 4.69) is 13.8 Å². The number of hydrogen-bond donors (Lipinski definition) is 7. The van der Waals surface area contributed by atoms with Crippen molar-refractivity contribution in [1.82, 2.24) is 0 Å². The van der Waals surface area contributed by atoms with Gasteiger partial charge in [0.05, 0.1) is 26.4 Å². The van der Waals surface area contributed by atoms with E-state index in [1.165, 1.54) is 135 Å². The van der Waals surface area contributed by atoms with Crippen molar-refractivity contribution in [2.24, 2.45) is 0 Å². The quantitative estimate of drug-likeness (QED) is 0.0246. The third kappa shape index (κ3) is 25.0. The van der Waals surface area contributed by atoms with Crippen molar-refractivity contribution in [3.63, 3.8) is 0 Å². The standard InChI is InChI=1S/C48H92O14/c1-3-5-7-9-11-13-15-17-18-19-20-22-24-26-28-30-32-57-34-37(60-40(50)31-29-27-25-23-21-16-14-12-10-8-6-4-2)35-58-47-46(56)44(54)42(52)39(62-47)36-59-48-45(55)43(53)41(51)38(33-49)61-48/h37-39,41-49,51-56H,3-36H2,1-2H3. The van der Waals surface area contributed by atoms with Crippen LogP contribution >= 0.6 is 0 Å². The fourth-order valence-corrected chi connectivity index (χ4v) is 8.23. The molecule has 11 unspecified atom stereocenters. The first-order valence-corrected chi connectivity index (χ1v) is 25.1. The van der Waals surface area contributed by atoms with Crippen LogP contribution in [-0.4, -0.2) is 142 Å². The lowest BCUT2D eigenvalue weighted by Gasteiger charge is -2.42. The topological polar surface area (TPSA) is 214 Å². The second-order valence-corrected chi connectivity index (χ2v) is 18.0. The molecule has 7 N–H and O–H groups in total. The van der Waals surface area contributed by atoms with Gasteiger partial charge in [-0.05, 0) is 12.8 Å². The molecule has 14 heteroatoms. The molecule has 2 fully saturated rings. The molecular formula is C48H92O14. The number of esters is 1. The molecule has 2 aliphatic heterocycles. The predicted octanol–water partition coefficient (Wildman–Crippen LogP) is 6.91. The van der Waals surface area contributed by atoms with Crippen molar-refractivity contribution in [1.29, 1.82) is 0 Å². The van der Waals surface area contributed by atoms with Crippen molar-refractivity contribution in [2.45, 2.75) is 268 Å². The van der Waals surface area contributed by atoms with Gasteiger partial charge in [-0.1, -0.05) is 181 Å². The molecule has 2 rings (SSSR count). The molecule has 0 bridgehead atoms. The Labute approximate surface area is 374 Å². The lowest BCUT2D eigenvalue weighted by Crippen LogP contribution is -2.61. The van der Waals surface area contributed by atoms with E-state index in [0.717, 1.165) is 38.5 Å². The van der Waals surface area contributed by atoms with E-state index >= 15 is 0 Å². The number of ether oxygens (including phenoxy) is 6. The van der Waals surface area contributed by atoms with Gasteiger partial charge in [-0.2, -0.15) is 0 Å². The number of unbranched alkanes of at least 4 members (excludes halogenated alkanes) is 26. The Kier molecular flexibility index (Phi) is 34.2. The van der Waals surface area contributed by atoms with E-state index in [-0.39, 0.29) is 25.6 Å². The molecule has 368 valence electrons. The average molecular weight is 893 g/mol. The van der Waals surface area contributed by atoms with Crippen molar-refractivity contribution in [3.05, 3.63) is 0 Å². The van der Waals surface area contributed by atoms with Crippen LogP contribution in [-0.2, 0) is 33.2 Å². The zero-order valence-electron chi connectivity index (χ0n) is 38.9. The normalized spacial score (nSPS) is 27.1. The van der Waals surface area contributed by atoms with Gasteiger partial charge in [0.25, 0.3) is 0 Å². The minimum absolute atomic E-state index is 0.0700. The molecular weight excluding hydrogens is 801 g/mol. The first kappa shape index (κ1) is 57.1. The Bertz CT molecular complexity index is 1040. The fourth-order valence-electron chi connectivity index (χ4n) is 8.23. The van der Waals surface area contributed by atoms with E-state index in [0.29, 0.717) is 13.0 Å². The fraction of sp³-hybridized carbons (Fsp3) is 0.979. The monoisotopic (exact) mass is 893 g/mol. The summed E-state index contributed by atoms with van der Waals surface area (Å²) in [5.41, 5.74) is 0. The zero-order chi connectivity index (χ0) is 45.2. The summed E-state index contributed by atoms with van der Waals surface area (Å²) in [6.45, 7) is 3.72. The van der Waals surface area contributed by atoms with Crippen molar-refractivity contribution in [3.8, 4) is 0 Å². The molecule has 0 aliphatic carbocycles. The Morgan fingerprint density at radius 3 is 1.31 bits per heavy atom. The number of hydrogen-bond acceptors (Lipinski definition) is 14. The lowest BCUT2D eigenvalue weighted by molar-refractivity contribution is -0.332. The summed E-state index contributed by atoms with van der Waals surface area (Å²) in [7, 11) is 0. The number of aliphatic hydroxyl groups is 7. The van der Waals surface area contributed by atoms with Gasteiger partial charge in [0.15, 0.2) is 12.6 Å². The van der Waals surface area contributed by atoms with E-state index in [4.69, 9.17) is 28.4 Å². The minimum Gasteiger partial charge on any atom is -0.457 e. The highest BCUT2D eigenvalue weighted by molar-refractivity contribution is 5.69. The molecule has 0 aromatic heterocycles. The molecule has 0 spiro atoms. The number of rotatable bonds is 40. The highest BCUT2D eigenvalue weighted by Gasteiger charge is 2.47. The van der Waals surface area contributed by atoms with Gasteiger partial charge in [0.2, 0.25) is 0 Å². The molecule has 2 saturated heterocycles. The van der Waals surface area contributed by atoms with Crippen LogP contribution in [0, 0.1) is 0 Å². The van der Waals surface area contributed by atoms with Crippen LogP contribution in [0.2, 0.25) is 0 Å². The molecule has 14 nitrogen and oxygen atoms in total. The summed E-state index contributed by atoms with van der Waals surface area (Å²) in [5, 5.41) is 72.0. The Morgan fingerprint density at radius 1 is 0.468 bits per heavy atom. The number of carbonyl (C=O) groups is 1. The Balaban J connectivity index is 1.77. The maximum absolute atomic E-state index is 13.0. The first-order valence-electron chi connectivity index (χ1n) is 25.1. The third-order valence-electron chi connectivity index (χ3n) is 12.4. The molecule has 0 aromatic rings. The second-order valence-electron chi connectivity index (χ2n) is 18.0. The third-order valence-corrected chi connectivity index (χ3v) is 12.4. The molecule has 0 saturated carbocycles. The summed E-state index contributed by atoms with van der Waals surface area (Å²) in [6, 6.07) is 0. The minimum atomic E-state index is -1.70. The van der Waals surface area contributed by atoms with Crippen molar-refractivity contribution >= 4 is 5.97 Å². The van der Waals surface area contributed by atoms with E-state index in [1.54, 1.807) is 0 Å². The van der Waals surface area contributed by atoms with Crippen LogP contribution in [0.1, 0.15) is 200 Å². The summed E-state index contributed by atoms with van der Waals surface area (Å²) in [4.78, 5) is 13.0. The molecule has 0 aromatic carbocycles. The van der Waals surface area contributed by atoms with Gasteiger partial charge in [-0.15, -0.1) is 0 Å². The SMILES string of the molecule is CCCCCCCCCCCCCCCCCCOCC(COC1OC(COC2OC(CO)C(O)C(O)C2O)C(O)C(O)C1O)OC(=O)CCCCCCCCCCCCCC. The van der Waals surface area contributed by atoms with E-state index in [9.17, 15) is 40.5 Å². The molecule has 2 heterocycles. The molecule has 11 atom stereocenters. The first-order chi connectivity index (χ1) is 30.1. The largest absolute Gasteiger partial charge is 0.457 e. The van der Waals surface area contributed by atoms with E-state index < -0.39 is 80.7 Å². The lowest BCUT2D eigenvalue weighted by atomic mass is 9.98. The summed E-state index contributed by atoms with van der Waals surface area (Å²) < 4.78 is 34.2. The van der Waals surface area contributed by atoms with Gasteiger partial charge < -0.3 is 64.2 Å². The van der Waals surface area contributed by atoms with Gasteiger partial charge in [-0.25, -0.2) is 0 Å². The highest BCUT2D eigenvalue weighted by Crippen LogP contribution is 2.26. The second kappa shape index (κ2) is 37.1. The zero-order valence-corrected chi connectivity index (χ0v) is 38.9. The number of carbonyl (C=O) groups excluding carboxylic acids is 1. The highest BCUT2D eigenvalue weighted by atomic mass is 16.7. The van der Waals surface area contributed by atoms with Gasteiger partial charge in [0, 0.05) is 13.0 Å². The molecule has 2 aliphatic rings. The number of aliphatic hydroxyl groups excluding tert-OH is 7. The molecule has 0 amide bonds. The van der Waals surface area contributed by atoms with Crippen LogP contribution in [0.25, 0.3) is 0 Å². The Hall–Kier alpha value is -1.01. The van der Waals surface area contributed by atoms with E-state index in [1.807, 2.05) is 0 Å². The average Bonchev–Trinajstić information content (AvgIpc) is 3.27. The smallest absolute Gasteiger partial charge is 0.306 e. The van der Waals surface area contributed by atoms with Gasteiger partial charge >= 0.3 is 5.97 Å². The molecule has 0 radical (unpaired) electrons. The van der Waals surface area contributed by atoms with Crippen molar-refractivity contribution < 1.29 is 69.0 Å². The van der Waals surface area contributed by atoms with Gasteiger partial charge in [-0.3, -0.25) is 4.79 Å². The van der Waals surface area contributed by atoms with Gasteiger partial charge in [0.1, 0.15) is 54.9 Å². The summed E-state index contributed by atoms with van der Waals surface area (Å²) in [5.74, 6) is -0.372. The van der Waals surface area contributed by atoms with Crippen LogP contribution < -0.4 is 0 Å². The van der Waals surface area contributed by atoms with Crippen molar-refractivity contribution in [2.75, 3.05) is 33.0 Å². The maximum Gasteiger partial charge on any atom is 0.306 e. The van der Waals surface area contributed by atoms with Crippen LogP contribution in [0.3, 0.4) is 0 Å². The maximum atomic E-state index is 13.0. The predicted molar refractivity (Wildman–Crippen MR) is 238 cm³/mol. The summed E-state index contributed by atoms with van der Waals surface area (Å²) in [6.07, 6.45) is 18.8. The van der Waals surface area contributed by atoms with Crippen LogP contribution in [0.5, 0.6) is 0 Å². The van der Waals surface area contributed by atoms with Crippen LogP contribution in [0.15, 0.2) is 0 Å². The summed E-state index contributed by atoms with van der Waals surface area (Å²) >= 11 is 0. The Morgan fingerprint density at radius 2 is 0.855 bits per heavy atom. The molecule has 62 heavy (non-hydrogen) atoms. The van der Waals surface area contributed by atoms with Crippen LogP contribution in [0.4, 0.5) is 0 Å².